The van der Waals surface area contributed by atoms with Crippen LogP contribution in [-0.4, -0.2) is 24.9 Å². The first-order chi connectivity index (χ1) is 9.69. The third kappa shape index (κ3) is 5.36. The monoisotopic (exact) mass is 274 g/mol. The van der Waals surface area contributed by atoms with Gasteiger partial charge in [-0.2, -0.15) is 0 Å². The second-order valence-electron chi connectivity index (χ2n) is 4.85. The zero-order valence-corrected chi connectivity index (χ0v) is 12.2. The van der Waals surface area contributed by atoms with Crippen molar-refractivity contribution in [3.63, 3.8) is 0 Å². The topological polar surface area (TPSA) is 58.2 Å². The van der Waals surface area contributed by atoms with Gasteiger partial charge < -0.3 is 10.6 Å². The largest absolute Gasteiger partial charge is 0.345 e. The molecule has 1 aliphatic rings. The fourth-order valence-electron chi connectivity index (χ4n) is 2.39. The summed E-state index contributed by atoms with van der Waals surface area (Å²) in [7, 11) is 0. The molecule has 0 aromatic rings. The van der Waals surface area contributed by atoms with Crippen LogP contribution in [0.15, 0.2) is 0 Å². The van der Waals surface area contributed by atoms with Crippen molar-refractivity contribution in [3.8, 4) is 23.7 Å². The van der Waals surface area contributed by atoms with Gasteiger partial charge in [0.1, 0.15) is 0 Å². The van der Waals surface area contributed by atoms with E-state index in [4.69, 9.17) is 0 Å². The van der Waals surface area contributed by atoms with Crippen LogP contribution in [0.5, 0.6) is 0 Å². The van der Waals surface area contributed by atoms with E-state index < -0.39 is 0 Å². The molecule has 108 valence electrons. The lowest BCUT2D eigenvalue weighted by Crippen LogP contribution is -2.39. The van der Waals surface area contributed by atoms with Crippen molar-refractivity contribution < 1.29 is 9.59 Å². The van der Waals surface area contributed by atoms with Crippen LogP contribution in [-0.2, 0) is 9.59 Å². The zero-order valence-electron chi connectivity index (χ0n) is 12.2. The van der Waals surface area contributed by atoms with Gasteiger partial charge in [-0.3, -0.25) is 9.59 Å². The van der Waals surface area contributed by atoms with Crippen LogP contribution < -0.4 is 10.6 Å². The van der Waals surface area contributed by atoms with Crippen LogP contribution in [0.4, 0.5) is 0 Å². The third-order valence-electron chi connectivity index (χ3n) is 3.47. The Hall–Kier alpha value is -1.94. The summed E-state index contributed by atoms with van der Waals surface area (Å²) in [6, 6.07) is 0. The van der Waals surface area contributed by atoms with Gasteiger partial charge in [0, 0.05) is 11.8 Å². The van der Waals surface area contributed by atoms with Gasteiger partial charge in [0.15, 0.2) is 0 Å². The molecule has 0 heterocycles. The maximum absolute atomic E-state index is 12.0. The van der Waals surface area contributed by atoms with E-state index >= 15 is 0 Å². The highest BCUT2D eigenvalue weighted by atomic mass is 16.2. The fourth-order valence-corrected chi connectivity index (χ4v) is 2.39. The van der Waals surface area contributed by atoms with Crippen LogP contribution >= 0.6 is 0 Å². The number of rotatable bonds is 4. The molecule has 0 saturated heterocycles. The molecule has 0 radical (unpaired) electrons. The standard InChI is InChI=1S/C16H22N2O2/c1-3-5-10-17-15(19)13-8-7-9-14(12-13)16(20)18-11-6-4-2/h13-14H,7-12H2,1-2H3,(H,17,19)(H,18,20)/t13-,14+. The number of nitrogens with one attached hydrogen (secondary N) is 2. The highest BCUT2D eigenvalue weighted by Crippen LogP contribution is 2.29. The average molecular weight is 274 g/mol. The molecule has 2 N–H and O–H groups in total. The molecule has 0 bridgehead atoms. The molecule has 1 fully saturated rings. The Bertz CT molecular complexity index is 420. The molecule has 4 nitrogen and oxygen atoms in total. The van der Waals surface area contributed by atoms with E-state index in [0.717, 1.165) is 19.3 Å². The van der Waals surface area contributed by atoms with Crippen molar-refractivity contribution in [2.75, 3.05) is 13.1 Å². The molecule has 0 unspecified atom stereocenters. The van der Waals surface area contributed by atoms with Gasteiger partial charge in [-0.25, -0.2) is 0 Å². The van der Waals surface area contributed by atoms with Crippen LogP contribution in [0.2, 0.25) is 0 Å². The van der Waals surface area contributed by atoms with E-state index in [1.807, 2.05) is 0 Å². The predicted octanol–water partition coefficient (Wildman–Crippen LogP) is 1.07. The molecule has 0 spiro atoms. The molecular weight excluding hydrogens is 252 g/mol. The Morgan fingerprint density at radius 3 is 1.80 bits per heavy atom. The Kier molecular flexibility index (Phi) is 7.29. The van der Waals surface area contributed by atoms with Crippen molar-refractivity contribution in [2.24, 2.45) is 11.8 Å². The lowest BCUT2D eigenvalue weighted by Gasteiger charge is -2.27. The van der Waals surface area contributed by atoms with Gasteiger partial charge >= 0.3 is 0 Å². The minimum Gasteiger partial charge on any atom is -0.345 e. The average Bonchev–Trinajstić information content (AvgIpc) is 2.47. The molecule has 1 saturated carbocycles. The van der Waals surface area contributed by atoms with Crippen LogP contribution in [0, 0.1) is 35.5 Å². The lowest BCUT2D eigenvalue weighted by molar-refractivity contribution is -0.129. The minimum absolute atomic E-state index is 0.0126. The lowest BCUT2D eigenvalue weighted by atomic mass is 9.80. The molecule has 0 aliphatic heterocycles. The van der Waals surface area contributed by atoms with Gasteiger partial charge in [-0.15, -0.1) is 11.8 Å². The summed E-state index contributed by atoms with van der Waals surface area (Å²) in [6.07, 6.45) is 3.24. The summed E-state index contributed by atoms with van der Waals surface area (Å²) < 4.78 is 0. The number of hydrogen-bond acceptors (Lipinski definition) is 2. The van der Waals surface area contributed by atoms with Gasteiger partial charge in [0.2, 0.25) is 11.8 Å². The van der Waals surface area contributed by atoms with Crippen molar-refractivity contribution in [1.82, 2.24) is 10.6 Å². The van der Waals surface area contributed by atoms with Crippen molar-refractivity contribution in [2.45, 2.75) is 39.5 Å². The first kappa shape index (κ1) is 16.1. The summed E-state index contributed by atoms with van der Waals surface area (Å²) >= 11 is 0. The second kappa shape index (κ2) is 9.04. The maximum atomic E-state index is 12.0. The Balaban J connectivity index is 2.43. The van der Waals surface area contributed by atoms with Gasteiger partial charge in [-0.1, -0.05) is 18.3 Å². The first-order valence-corrected chi connectivity index (χ1v) is 7.03. The summed E-state index contributed by atoms with van der Waals surface area (Å²) in [5, 5.41) is 5.60. The molecule has 2 atom stereocenters. The Morgan fingerprint density at radius 2 is 1.40 bits per heavy atom. The molecule has 0 aromatic heterocycles. The number of carbonyl (C=O) groups excluding carboxylic acids is 2. The van der Waals surface area contributed by atoms with Crippen molar-refractivity contribution >= 4 is 11.8 Å². The number of hydrogen-bond donors (Lipinski definition) is 2. The molecular formula is C16H22N2O2. The second-order valence-corrected chi connectivity index (χ2v) is 4.85. The minimum atomic E-state index is -0.0737. The maximum Gasteiger partial charge on any atom is 0.223 e. The van der Waals surface area contributed by atoms with Gasteiger partial charge in [-0.05, 0) is 33.1 Å². The smallest absolute Gasteiger partial charge is 0.223 e. The molecule has 1 aliphatic carbocycles. The van der Waals surface area contributed by atoms with Crippen LogP contribution in [0.1, 0.15) is 39.5 Å². The quantitative estimate of drug-likeness (QED) is 0.754. The molecule has 1 rings (SSSR count). The fraction of sp³-hybridized carbons (Fsp3) is 0.625. The van der Waals surface area contributed by atoms with E-state index in [1.165, 1.54) is 0 Å². The SMILES string of the molecule is CC#CCNC(=O)[C@@H]1CCC[C@H](C(=O)NCC#CC)C1. The van der Waals surface area contributed by atoms with E-state index in [9.17, 15) is 9.59 Å². The molecule has 4 heteroatoms. The van der Waals surface area contributed by atoms with E-state index in [2.05, 4.69) is 34.3 Å². The Labute approximate surface area is 121 Å². The predicted molar refractivity (Wildman–Crippen MR) is 78.4 cm³/mol. The van der Waals surface area contributed by atoms with Crippen LogP contribution in [0.25, 0.3) is 0 Å². The zero-order chi connectivity index (χ0) is 14.8. The van der Waals surface area contributed by atoms with Gasteiger partial charge in [0.05, 0.1) is 13.1 Å². The van der Waals surface area contributed by atoms with Gasteiger partial charge in [0.25, 0.3) is 0 Å². The van der Waals surface area contributed by atoms with E-state index in [1.54, 1.807) is 13.8 Å². The number of carbonyl (C=O) groups is 2. The van der Waals surface area contributed by atoms with E-state index in [-0.39, 0.29) is 23.7 Å². The summed E-state index contributed by atoms with van der Waals surface area (Å²) in [6.45, 7) is 4.25. The van der Waals surface area contributed by atoms with Crippen molar-refractivity contribution in [1.29, 1.82) is 0 Å². The Morgan fingerprint density at radius 1 is 0.950 bits per heavy atom. The molecule has 20 heavy (non-hydrogen) atoms. The number of amides is 2. The first-order valence-electron chi connectivity index (χ1n) is 7.03. The molecule has 0 aromatic carbocycles. The van der Waals surface area contributed by atoms with Crippen molar-refractivity contribution in [3.05, 3.63) is 0 Å². The normalized spacial score (nSPS) is 20.7. The highest BCUT2D eigenvalue weighted by molar-refractivity contribution is 5.82. The third-order valence-corrected chi connectivity index (χ3v) is 3.47. The van der Waals surface area contributed by atoms with Crippen LogP contribution in [0.3, 0.4) is 0 Å². The summed E-state index contributed by atoms with van der Waals surface area (Å²) in [5.41, 5.74) is 0. The van der Waals surface area contributed by atoms with E-state index in [0.29, 0.717) is 19.5 Å². The molecule has 2 amide bonds. The summed E-state index contributed by atoms with van der Waals surface area (Å²) in [5.74, 6) is 11.0. The highest BCUT2D eigenvalue weighted by Gasteiger charge is 2.30. The summed E-state index contributed by atoms with van der Waals surface area (Å²) in [4.78, 5) is 23.9.